The first-order valence-electron chi connectivity index (χ1n) is 5.77. The van der Waals surface area contributed by atoms with E-state index < -0.39 is 0 Å². The molecule has 0 amide bonds. The Morgan fingerprint density at radius 2 is 1.86 bits per heavy atom. The zero-order valence-electron chi connectivity index (χ0n) is 10.1. The summed E-state index contributed by atoms with van der Waals surface area (Å²) in [6.07, 6.45) is 3.74. The van der Waals surface area contributed by atoms with Crippen molar-refractivity contribution < 1.29 is 0 Å². The molecule has 0 radical (unpaired) electrons. The Hall–Kier alpha value is -0.790. The van der Waals surface area contributed by atoms with Crippen molar-refractivity contribution in [2.24, 2.45) is 0 Å². The lowest BCUT2D eigenvalue weighted by Gasteiger charge is -2.08. The molecule has 0 aliphatic heterocycles. The maximum absolute atomic E-state index is 4.61. The van der Waals surface area contributed by atoms with E-state index in [4.69, 9.17) is 0 Å². The predicted octanol–water partition coefficient (Wildman–Crippen LogP) is 3.29. The standard InChI is InChI=1S/C10H16N2.C2H6/c1-7(2)12-8(3)9-5-4-6-10(9)11-12;1-2/h7H,4-6H2,1-3H3;1-2H3. The summed E-state index contributed by atoms with van der Waals surface area (Å²) in [5.41, 5.74) is 4.25. The Balaban J connectivity index is 0.000000461. The molecule has 2 rings (SSSR count). The molecule has 0 unspecified atom stereocenters. The van der Waals surface area contributed by atoms with Crippen molar-refractivity contribution in [3.05, 3.63) is 17.0 Å². The molecule has 80 valence electrons. The molecule has 0 N–H and O–H groups in total. The third-order valence-corrected chi connectivity index (χ3v) is 2.69. The van der Waals surface area contributed by atoms with Crippen molar-refractivity contribution in [3.63, 3.8) is 0 Å². The van der Waals surface area contributed by atoms with Gasteiger partial charge in [0.25, 0.3) is 0 Å². The maximum atomic E-state index is 4.61. The van der Waals surface area contributed by atoms with Crippen LogP contribution in [0.3, 0.4) is 0 Å². The topological polar surface area (TPSA) is 17.8 Å². The fourth-order valence-electron chi connectivity index (χ4n) is 2.07. The van der Waals surface area contributed by atoms with Crippen LogP contribution < -0.4 is 0 Å². The van der Waals surface area contributed by atoms with E-state index in [1.807, 2.05) is 13.8 Å². The van der Waals surface area contributed by atoms with Gasteiger partial charge in [0.1, 0.15) is 0 Å². The number of fused-ring (bicyclic) bond motifs is 1. The van der Waals surface area contributed by atoms with Crippen LogP contribution in [0.25, 0.3) is 0 Å². The van der Waals surface area contributed by atoms with Gasteiger partial charge in [-0.25, -0.2) is 0 Å². The van der Waals surface area contributed by atoms with E-state index in [9.17, 15) is 0 Å². The van der Waals surface area contributed by atoms with Gasteiger partial charge in [-0.2, -0.15) is 5.10 Å². The second-order valence-electron chi connectivity index (χ2n) is 3.90. The summed E-state index contributed by atoms with van der Waals surface area (Å²) in [5.74, 6) is 0. The highest BCUT2D eigenvalue weighted by atomic mass is 15.3. The summed E-state index contributed by atoms with van der Waals surface area (Å²) in [6, 6.07) is 0.510. The maximum Gasteiger partial charge on any atom is 0.0659 e. The van der Waals surface area contributed by atoms with E-state index in [1.54, 1.807) is 0 Å². The van der Waals surface area contributed by atoms with Crippen LogP contribution >= 0.6 is 0 Å². The normalized spacial score (nSPS) is 13.9. The van der Waals surface area contributed by atoms with E-state index in [2.05, 4.69) is 30.6 Å². The van der Waals surface area contributed by atoms with Crippen LogP contribution in [0.4, 0.5) is 0 Å². The van der Waals surface area contributed by atoms with E-state index in [0.29, 0.717) is 6.04 Å². The predicted molar refractivity (Wildman–Crippen MR) is 60.7 cm³/mol. The molecule has 0 saturated carbocycles. The molecule has 1 aromatic rings. The van der Waals surface area contributed by atoms with Gasteiger partial charge < -0.3 is 0 Å². The van der Waals surface area contributed by atoms with Gasteiger partial charge in [0.05, 0.1) is 5.69 Å². The van der Waals surface area contributed by atoms with Gasteiger partial charge >= 0.3 is 0 Å². The third kappa shape index (κ3) is 1.84. The summed E-state index contributed by atoms with van der Waals surface area (Å²) in [6.45, 7) is 10.6. The zero-order valence-corrected chi connectivity index (χ0v) is 10.1. The largest absolute Gasteiger partial charge is 0.267 e. The van der Waals surface area contributed by atoms with Crippen molar-refractivity contribution in [2.75, 3.05) is 0 Å². The fraction of sp³-hybridized carbons (Fsp3) is 0.750. The second-order valence-corrected chi connectivity index (χ2v) is 3.90. The molecule has 0 fully saturated rings. The van der Waals surface area contributed by atoms with Crippen molar-refractivity contribution in [1.29, 1.82) is 0 Å². The molecule has 2 nitrogen and oxygen atoms in total. The lowest BCUT2D eigenvalue weighted by atomic mass is 10.2. The second kappa shape index (κ2) is 4.63. The van der Waals surface area contributed by atoms with Gasteiger partial charge in [-0.3, -0.25) is 4.68 Å². The van der Waals surface area contributed by atoms with Crippen LogP contribution in [0, 0.1) is 6.92 Å². The number of rotatable bonds is 1. The Bertz CT molecular complexity index is 298. The Kier molecular flexibility index (Phi) is 3.73. The summed E-state index contributed by atoms with van der Waals surface area (Å²) < 4.78 is 2.16. The van der Waals surface area contributed by atoms with Crippen LogP contribution in [-0.4, -0.2) is 9.78 Å². The van der Waals surface area contributed by atoms with Gasteiger partial charge in [0.15, 0.2) is 0 Å². The molecule has 0 spiro atoms. The van der Waals surface area contributed by atoms with Crippen molar-refractivity contribution in [2.45, 2.75) is 59.9 Å². The smallest absolute Gasteiger partial charge is 0.0659 e. The minimum atomic E-state index is 0.510. The molecular formula is C12H22N2. The molecule has 0 aromatic carbocycles. The van der Waals surface area contributed by atoms with E-state index in [1.165, 1.54) is 36.2 Å². The monoisotopic (exact) mass is 194 g/mol. The summed E-state index contributed by atoms with van der Waals surface area (Å²) in [7, 11) is 0. The minimum Gasteiger partial charge on any atom is -0.267 e. The summed E-state index contributed by atoms with van der Waals surface area (Å²) in [5, 5.41) is 4.61. The highest BCUT2D eigenvalue weighted by Gasteiger charge is 2.19. The molecule has 1 aromatic heterocycles. The van der Waals surface area contributed by atoms with Crippen molar-refractivity contribution in [3.8, 4) is 0 Å². The molecule has 1 aliphatic rings. The zero-order chi connectivity index (χ0) is 10.7. The number of hydrogen-bond acceptors (Lipinski definition) is 1. The Morgan fingerprint density at radius 1 is 1.21 bits per heavy atom. The quantitative estimate of drug-likeness (QED) is 0.671. The molecule has 0 saturated heterocycles. The van der Waals surface area contributed by atoms with Gasteiger partial charge in [-0.05, 0) is 45.6 Å². The Labute approximate surface area is 87.3 Å². The van der Waals surface area contributed by atoms with Crippen LogP contribution in [0.2, 0.25) is 0 Å². The van der Waals surface area contributed by atoms with Crippen molar-refractivity contribution >= 4 is 0 Å². The number of nitrogens with zero attached hydrogens (tertiary/aromatic N) is 2. The number of hydrogen-bond donors (Lipinski definition) is 0. The van der Waals surface area contributed by atoms with Crippen LogP contribution in [0.15, 0.2) is 0 Å². The van der Waals surface area contributed by atoms with Gasteiger partial charge in [0, 0.05) is 11.7 Å². The molecule has 14 heavy (non-hydrogen) atoms. The van der Waals surface area contributed by atoms with E-state index in [-0.39, 0.29) is 0 Å². The minimum absolute atomic E-state index is 0.510. The summed E-state index contributed by atoms with van der Waals surface area (Å²) in [4.78, 5) is 0. The first-order valence-corrected chi connectivity index (χ1v) is 5.77. The van der Waals surface area contributed by atoms with Crippen LogP contribution in [-0.2, 0) is 12.8 Å². The molecular weight excluding hydrogens is 172 g/mol. The molecule has 1 aliphatic carbocycles. The van der Waals surface area contributed by atoms with E-state index >= 15 is 0 Å². The van der Waals surface area contributed by atoms with E-state index in [0.717, 1.165) is 0 Å². The highest BCUT2D eigenvalue weighted by molar-refractivity contribution is 5.29. The average molecular weight is 194 g/mol. The average Bonchev–Trinajstić information content (AvgIpc) is 2.72. The molecule has 1 heterocycles. The lowest BCUT2D eigenvalue weighted by Crippen LogP contribution is -2.06. The summed E-state index contributed by atoms with van der Waals surface area (Å²) >= 11 is 0. The number of aryl methyl sites for hydroxylation is 1. The SMILES string of the molecule is CC.Cc1c2c(nn1C(C)C)CCC2. The fourth-order valence-corrected chi connectivity index (χ4v) is 2.07. The van der Waals surface area contributed by atoms with Crippen LogP contribution in [0.1, 0.15) is 57.1 Å². The van der Waals surface area contributed by atoms with Gasteiger partial charge in [-0.15, -0.1) is 0 Å². The first-order chi connectivity index (χ1) is 6.70. The third-order valence-electron chi connectivity index (χ3n) is 2.69. The first kappa shape index (κ1) is 11.3. The lowest BCUT2D eigenvalue weighted by molar-refractivity contribution is 0.510. The van der Waals surface area contributed by atoms with Crippen LogP contribution in [0.5, 0.6) is 0 Å². The highest BCUT2D eigenvalue weighted by Crippen LogP contribution is 2.25. The number of aromatic nitrogens is 2. The molecule has 0 atom stereocenters. The Morgan fingerprint density at radius 3 is 2.36 bits per heavy atom. The van der Waals surface area contributed by atoms with Gasteiger partial charge in [0.2, 0.25) is 0 Å². The van der Waals surface area contributed by atoms with Gasteiger partial charge in [-0.1, -0.05) is 13.8 Å². The molecule has 2 heteroatoms. The molecule has 0 bridgehead atoms. The van der Waals surface area contributed by atoms with Crippen molar-refractivity contribution in [1.82, 2.24) is 9.78 Å².